The predicted molar refractivity (Wildman–Crippen MR) is 189 cm³/mol. The summed E-state index contributed by atoms with van der Waals surface area (Å²) in [7, 11) is 0. The number of fused-ring (bicyclic) bond motifs is 12. The molecule has 2 aliphatic rings. The molecule has 5 heteroatoms. The van der Waals surface area contributed by atoms with E-state index in [-0.39, 0.29) is 0 Å². The summed E-state index contributed by atoms with van der Waals surface area (Å²) in [5.41, 5.74) is 15.8. The fraction of sp³-hybridized carbons (Fsp3) is 0.0714. The van der Waals surface area contributed by atoms with Crippen molar-refractivity contribution >= 4 is 39.3 Å². The number of para-hydroxylation sites is 1. The second kappa shape index (κ2) is 9.47. The highest BCUT2D eigenvalue weighted by Gasteiger charge is 2.52. The summed E-state index contributed by atoms with van der Waals surface area (Å²) in [6.45, 7) is 4.37. The van der Waals surface area contributed by atoms with Gasteiger partial charge in [-0.25, -0.2) is 9.97 Å². The fourth-order valence-corrected chi connectivity index (χ4v) is 8.20. The third kappa shape index (κ3) is 3.40. The van der Waals surface area contributed by atoms with Crippen molar-refractivity contribution < 1.29 is 0 Å². The Bertz CT molecular complexity index is 2410. The van der Waals surface area contributed by atoms with Gasteiger partial charge in [0.05, 0.1) is 51.4 Å². The number of rotatable bonds is 2. The van der Waals surface area contributed by atoms with Gasteiger partial charge in [0.1, 0.15) is 0 Å². The van der Waals surface area contributed by atoms with Crippen LogP contribution in [0.4, 0.5) is 17.3 Å². The predicted octanol–water partition coefficient (Wildman–Crippen LogP) is 9.73. The van der Waals surface area contributed by atoms with E-state index in [1.54, 1.807) is 0 Å². The summed E-state index contributed by atoms with van der Waals surface area (Å²) in [5.74, 6) is 0.636. The molecule has 0 amide bonds. The number of benzene rings is 5. The van der Waals surface area contributed by atoms with Crippen LogP contribution in [-0.4, -0.2) is 19.5 Å². The molecule has 0 unspecified atom stereocenters. The molecule has 0 N–H and O–H groups in total. The van der Waals surface area contributed by atoms with Crippen LogP contribution in [0.15, 0.2) is 140 Å². The zero-order valence-corrected chi connectivity index (χ0v) is 26.0. The van der Waals surface area contributed by atoms with Gasteiger partial charge in [0.25, 0.3) is 0 Å². The Labute approximate surface area is 272 Å². The van der Waals surface area contributed by atoms with E-state index in [1.165, 1.54) is 44.5 Å². The number of aromatic nitrogens is 4. The number of hydrogen-bond donors (Lipinski definition) is 0. The lowest BCUT2D eigenvalue weighted by Gasteiger charge is -2.44. The number of hydrogen-bond acceptors (Lipinski definition) is 4. The summed E-state index contributed by atoms with van der Waals surface area (Å²) in [6.07, 6.45) is 5.72. The lowest BCUT2D eigenvalue weighted by atomic mass is 9.64. The van der Waals surface area contributed by atoms with E-state index < -0.39 is 5.41 Å². The van der Waals surface area contributed by atoms with E-state index in [0.717, 1.165) is 39.0 Å². The summed E-state index contributed by atoms with van der Waals surface area (Å²) in [5, 5.41) is 1.11. The number of pyridine rings is 1. The van der Waals surface area contributed by atoms with Crippen LogP contribution >= 0.6 is 0 Å². The van der Waals surface area contributed by atoms with Gasteiger partial charge in [-0.15, -0.1) is 0 Å². The van der Waals surface area contributed by atoms with Gasteiger partial charge in [-0.1, -0.05) is 102 Å². The summed E-state index contributed by atoms with van der Waals surface area (Å²) >= 11 is 0. The molecular formula is C42H29N5. The van der Waals surface area contributed by atoms with Crippen LogP contribution in [-0.2, 0) is 5.41 Å². The topological polar surface area (TPSA) is 46.8 Å². The van der Waals surface area contributed by atoms with Crippen molar-refractivity contribution in [2.75, 3.05) is 4.90 Å². The van der Waals surface area contributed by atoms with E-state index >= 15 is 0 Å². The van der Waals surface area contributed by atoms with Gasteiger partial charge in [0, 0.05) is 11.6 Å². The smallest absolute Gasteiger partial charge is 0.234 e. The first-order valence-corrected chi connectivity index (χ1v) is 16.0. The Morgan fingerprint density at radius 1 is 0.532 bits per heavy atom. The molecule has 8 aromatic rings. The van der Waals surface area contributed by atoms with Gasteiger partial charge < -0.3 is 4.57 Å². The van der Waals surface area contributed by atoms with Crippen LogP contribution in [0, 0.1) is 13.8 Å². The molecule has 5 aromatic carbocycles. The van der Waals surface area contributed by atoms with Crippen LogP contribution in [0.1, 0.15) is 33.4 Å². The molecule has 222 valence electrons. The lowest BCUT2D eigenvalue weighted by Crippen LogP contribution is -2.36. The van der Waals surface area contributed by atoms with Gasteiger partial charge in [0.15, 0.2) is 0 Å². The standard InChI is InChI=1S/C42H29N5/c1-26-17-19-37-34(22-26)42(32-13-6-3-10-29(32)30-11-4-7-14-33(30)42)35-23-27(2)18-20-38(35)47(37)41-44-24-28(25-45-41)46-36-15-8-5-12-31(36)40-39(46)16-9-21-43-40/h3-25H,1-2H3. The van der Waals surface area contributed by atoms with Crippen LogP contribution in [0.5, 0.6) is 0 Å². The molecule has 0 fully saturated rings. The SMILES string of the molecule is Cc1ccc2c(c1)C1(c3ccccc3-c3ccccc31)c1cc(C)ccc1N2c1ncc(-n2c3ccccc3c3ncccc32)cn1. The molecule has 4 heterocycles. The second-order valence-electron chi connectivity index (χ2n) is 12.7. The summed E-state index contributed by atoms with van der Waals surface area (Å²) in [4.78, 5) is 17.1. The number of nitrogens with zero attached hydrogens (tertiary/aromatic N) is 5. The van der Waals surface area contributed by atoms with Gasteiger partial charge >= 0.3 is 0 Å². The summed E-state index contributed by atoms with van der Waals surface area (Å²) < 4.78 is 2.20. The maximum absolute atomic E-state index is 5.09. The van der Waals surface area contributed by atoms with Crippen molar-refractivity contribution in [2.45, 2.75) is 19.3 Å². The fourth-order valence-electron chi connectivity index (χ4n) is 8.20. The molecule has 3 aromatic heterocycles. The maximum atomic E-state index is 5.09. The van der Waals surface area contributed by atoms with Crippen LogP contribution < -0.4 is 4.90 Å². The van der Waals surface area contributed by atoms with Gasteiger partial charge in [-0.3, -0.25) is 9.88 Å². The van der Waals surface area contributed by atoms with Crippen molar-refractivity contribution in [3.8, 4) is 16.8 Å². The Balaban J connectivity index is 1.22. The Hall–Kier alpha value is -6.07. The van der Waals surface area contributed by atoms with Crippen LogP contribution in [0.2, 0.25) is 0 Å². The first-order chi connectivity index (χ1) is 23.1. The highest BCUT2D eigenvalue weighted by molar-refractivity contribution is 6.07. The van der Waals surface area contributed by atoms with Gasteiger partial charge in [-0.05, 0) is 77.6 Å². The molecule has 0 saturated heterocycles. The number of anilines is 3. The van der Waals surface area contributed by atoms with Crippen molar-refractivity contribution in [3.63, 3.8) is 0 Å². The Morgan fingerprint density at radius 2 is 1.11 bits per heavy atom. The first kappa shape index (κ1) is 26.2. The third-order valence-electron chi connectivity index (χ3n) is 10.1. The zero-order chi connectivity index (χ0) is 31.3. The molecule has 1 aliphatic heterocycles. The van der Waals surface area contributed by atoms with Gasteiger partial charge in [-0.2, -0.15) is 0 Å². The van der Waals surface area contributed by atoms with Gasteiger partial charge in [0.2, 0.25) is 5.95 Å². The molecule has 10 rings (SSSR count). The van der Waals surface area contributed by atoms with Crippen LogP contribution in [0.3, 0.4) is 0 Å². The average Bonchev–Trinajstić information content (AvgIpc) is 3.61. The van der Waals surface area contributed by atoms with Crippen molar-refractivity contribution in [1.29, 1.82) is 0 Å². The molecule has 0 bridgehead atoms. The zero-order valence-electron chi connectivity index (χ0n) is 26.0. The van der Waals surface area contributed by atoms with E-state index in [2.05, 4.69) is 139 Å². The molecule has 0 atom stereocenters. The minimum atomic E-state index is -0.470. The molecule has 0 radical (unpaired) electrons. The van der Waals surface area contributed by atoms with Crippen molar-refractivity contribution in [2.24, 2.45) is 0 Å². The highest BCUT2D eigenvalue weighted by atomic mass is 15.3. The molecule has 47 heavy (non-hydrogen) atoms. The monoisotopic (exact) mass is 603 g/mol. The highest BCUT2D eigenvalue weighted by Crippen LogP contribution is 2.63. The summed E-state index contributed by atoms with van der Waals surface area (Å²) in [6, 6.07) is 43.9. The number of aryl methyl sites for hydroxylation is 2. The van der Waals surface area contributed by atoms with E-state index in [1.807, 2.05) is 24.7 Å². The quantitative estimate of drug-likeness (QED) is 0.197. The van der Waals surface area contributed by atoms with E-state index in [9.17, 15) is 0 Å². The van der Waals surface area contributed by atoms with E-state index in [0.29, 0.717) is 5.95 Å². The molecule has 1 spiro atoms. The second-order valence-corrected chi connectivity index (χ2v) is 12.7. The lowest BCUT2D eigenvalue weighted by molar-refractivity contribution is 0.747. The Morgan fingerprint density at radius 3 is 1.77 bits per heavy atom. The van der Waals surface area contributed by atoms with Crippen molar-refractivity contribution in [3.05, 3.63) is 173 Å². The molecular weight excluding hydrogens is 574 g/mol. The normalized spacial score (nSPS) is 13.9. The van der Waals surface area contributed by atoms with Crippen LogP contribution in [0.25, 0.3) is 38.8 Å². The van der Waals surface area contributed by atoms with Crippen molar-refractivity contribution in [1.82, 2.24) is 19.5 Å². The minimum Gasteiger partial charge on any atom is -0.305 e. The largest absolute Gasteiger partial charge is 0.305 e. The molecule has 0 saturated carbocycles. The third-order valence-corrected chi connectivity index (χ3v) is 10.1. The van der Waals surface area contributed by atoms with E-state index in [4.69, 9.17) is 15.0 Å². The maximum Gasteiger partial charge on any atom is 0.234 e. The minimum absolute atomic E-state index is 0.470. The Kier molecular flexibility index (Phi) is 5.28. The average molecular weight is 604 g/mol. The first-order valence-electron chi connectivity index (χ1n) is 16.0. The molecule has 5 nitrogen and oxygen atoms in total. The molecule has 1 aliphatic carbocycles.